The number of esters is 1. The van der Waals surface area contributed by atoms with Crippen LogP contribution in [0.3, 0.4) is 0 Å². The van der Waals surface area contributed by atoms with Gasteiger partial charge in [0.15, 0.2) is 0 Å². The molecular formula is C16H17ClN2O5S. The second-order valence-corrected chi connectivity index (χ2v) is 6.30. The molecule has 1 fully saturated rings. The summed E-state index contributed by atoms with van der Waals surface area (Å²) in [6.45, 7) is 1.72. The van der Waals surface area contributed by atoms with Crippen LogP contribution in [-0.2, 0) is 19.1 Å². The summed E-state index contributed by atoms with van der Waals surface area (Å²) in [4.78, 5) is 36.9. The van der Waals surface area contributed by atoms with Crippen LogP contribution in [0.1, 0.15) is 6.92 Å². The first kappa shape index (κ1) is 19.1. The Morgan fingerprint density at radius 3 is 2.84 bits per heavy atom. The molecule has 1 aromatic carbocycles. The Labute approximate surface area is 154 Å². The molecule has 1 aliphatic heterocycles. The fourth-order valence-electron chi connectivity index (χ4n) is 2.07. The van der Waals surface area contributed by atoms with E-state index in [1.165, 1.54) is 29.8 Å². The van der Waals surface area contributed by atoms with Gasteiger partial charge < -0.3 is 14.8 Å². The highest BCUT2D eigenvalue weighted by molar-refractivity contribution is 8.04. The second kappa shape index (κ2) is 8.77. The molecule has 0 atom stereocenters. The highest BCUT2D eigenvalue weighted by Crippen LogP contribution is 2.29. The van der Waals surface area contributed by atoms with Crippen molar-refractivity contribution >= 4 is 46.8 Å². The van der Waals surface area contributed by atoms with Crippen LogP contribution >= 0.6 is 23.4 Å². The molecule has 1 saturated heterocycles. The molecule has 9 heteroatoms. The van der Waals surface area contributed by atoms with E-state index < -0.39 is 11.9 Å². The lowest BCUT2D eigenvalue weighted by Crippen LogP contribution is -2.34. The minimum atomic E-state index is -0.549. The number of ether oxygens (including phenoxy) is 2. The van der Waals surface area contributed by atoms with E-state index in [0.29, 0.717) is 21.5 Å². The number of benzene rings is 1. The minimum absolute atomic E-state index is 0.173. The van der Waals surface area contributed by atoms with Crippen LogP contribution in [0.4, 0.5) is 5.69 Å². The number of carbonyl (C=O) groups is 3. The number of anilines is 1. The molecule has 0 spiro atoms. The van der Waals surface area contributed by atoms with Gasteiger partial charge >= 0.3 is 5.97 Å². The molecule has 0 radical (unpaired) electrons. The van der Waals surface area contributed by atoms with E-state index in [1.807, 2.05) is 0 Å². The topological polar surface area (TPSA) is 84.9 Å². The summed E-state index contributed by atoms with van der Waals surface area (Å²) in [6, 6.07) is 4.81. The zero-order chi connectivity index (χ0) is 18.4. The van der Waals surface area contributed by atoms with Crippen LogP contribution in [-0.4, -0.2) is 48.7 Å². The molecule has 0 aromatic heterocycles. The van der Waals surface area contributed by atoms with Gasteiger partial charge in [0.1, 0.15) is 12.3 Å². The third-order valence-electron chi connectivity index (χ3n) is 3.18. The zero-order valence-corrected chi connectivity index (χ0v) is 15.3. The van der Waals surface area contributed by atoms with Crippen LogP contribution in [0, 0.1) is 0 Å². The molecule has 2 amide bonds. The summed E-state index contributed by atoms with van der Waals surface area (Å²) in [6.07, 6.45) is 1.22. The van der Waals surface area contributed by atoms with Gasteiger partial charge in [-0.2, -0.15) is 0 Å². The van der Waals surface area contributed by atoms with E-state index in [4.69, 9.17) is 21.1 Å². The first-order chi connectivity index (χ1) is 11.9. The van der Waals surface area contributed by atoms with Crippen molar-refractivity contribution in [3.63, 3.8) is 0 Å². The fourth-order valence-corrected chi connectivity index (χ4v) is 3.26. The largest absolute Gasteiger partial charge is 0.495 e. The van der Waals surface area contributed by atoms with Crippen LogP contribution in [0.5, 0.6) is 5.75 Å². The molecule has 0 bridgehead atoms. The Bertz CT molecular complexity index is 722. The Hall–Kier alpha value is -2.19. The number of nitrogens with one attached hydrogen (secondary N) is 1. The first-order valence-corrected chi connectivity index (χ1v) is 8.76. The van der Waals surface area contributed by atoms with Crippen molar-refractivity contribution in [3.05, 3.63) is 34.3 Å². The SMILES string of the molecule is CCOC(=O)C=C1SCC(=O)N1CC(=O)Nc1ccc(OC)c(Cl)c1. The quantitative estimate of drug-likeness (QED) is 0.598. The van der Waals surface area contributed by atoms with Crippen molar-refractivity contribution in [2.24, 2.45) is 0 Å². The van der Waals surface area contributed by atoms with Gasteiger partial charge in [-0.15, -0.1) is 0 Å². The number of hydrogen-bond acceptors (Lipinski definition) is 6. The fraction of sp³-hybridized carbons (Fsp3) is 0.312. The minimum Gasteiger partial charge on any atom is -0.495 e. The average Bonchev–Trinajstić information content (AvgIpc) is 2.88. The monoisotopic (exact) mass is 384 g/mol. The van der Waals surface area contributed by atoms with Crippen molar-refractivity contribution in [2.45, 2.75) is 6.92 Å². The number of carbonyl (C=O) groups excluding carboxylic acids is 3. The smallest absolute Gasteiger partial charge is 0.333 e. The maximum absolute atomic E-state index is 12.2. The molecule has 1 heterocycles. The van der Waals surface area contributed by atoms with Gasteiger partial charge in [0.05, 0.1) is 35.6 Å². The van der Waals surface area contributed by atoms with E-state index in [2.05, 4.69) is 5.32 Å². The number of halogens is 1. The molecule has 0 saturated carbocycles. The summed E-state index contributed by atoms with van der Waals surface area (Å²) in [5, 5.41) is 3.41. The lowest BCUT2D eigenvalue weighted by atomic mass is 10.3. The van der Waals surface area contributed by atoms with Gasteiger partial charge in [0, 0.05) is 5.69 Å². The van der Waals surface area contributed by atoms with Gasteiger partial charge in [-0.3, -0.25) is 14.5 Å². The summed E-state index contributed by atoms with van der Waals surface area (Å²) < 4.78 is 9.88. The van der Waals surface area contributed by atoms with Crippen molar-refractivity contribution in [1.82, 2.24) is 4.90 Å². The number of thioether (sulfide) groups is 1. The molecule has 1 N–H and O–H groups in total. The molecule has 1 aromatic rings. The van der Waals surface area contributed by atoms with Crippen LogP contribution in [0.15, 0.2) is 29.3 Å². The van der Waals surface area contributed by atoms with Crippen LogP contribution in [0.25, 0.3) is 0 Å². The number of hydrogen-bond donors (Lipinski definition) is 1. The lowest BCUT2D eigenvalue weighted by molar-refractivity contribution is -0.137. The van der Waals surface area contributed by atoms with Crippen molar-refractivity contribution in [1.29, 1.82) is 0 Å². The summed E-state index contributed by atoms with van der Waals surface area (Å²) in [7, 11) is 1.49. The molecule has 134 valence electrons. The number of rotatable bonds is 6. The number of methoxy groups -OCH3 is 1. The number of nitrogens with zero attached hydrogens (tertiary/aromatic N) is 1. The third kappa shape index (κ3) is 5.14. The van der Waals surface area contributed by atoms with E-state index >= 15 is 0 Å². The van der Waals surface area contributed by atoms with E-state index in [0.717, 1.165) is 0 Å². The Balaban J connectivity index is 2.03. The standard InChI is InChI=1S/C16H17ClN2O5S/c1-3-24-16(22)7-15-19(14(21)9-25-15)8-13(20)18-10-4-5-12(23-2)11(17)6-10/h4-7H,3,8-9H2,1-2H3,(H,18,20). The van der Waals surface area contributed by atoms with Gasteiger partial charge in [-0.05, 0) is 25.1 Å². The molecule has 2 rings (SSSR count). The Kier molecular flexibility index (Phi) is 6.72. The van der Waals surface area contributed by atoms with Crippen molar-refractivity contribution in [3.8, 4) is 5.75 Å². The predicted molar refractivity (Wildman–Crippen MR) is 95.5 cm³/mol. The van der Waals surface area contributed by atoms with Gasteiger partial charge in [-0.1, -0.05) is 23.4 Å². The molecule has 7 nitrogen and oxygen atoms in total. The lowest BCUT2D eigenvalue weighted by Gasteiger charge is -2.16. The van der Waals surface area contributed by atoms with Gasteiger partial charge in [0.25, 0.3) is 0 Å². The van der Waals surface area contributed by atoms with Gasteiger partial charge in [-0.25, -0.2) is 4.79 Å². The zero-order valence-electron chi connectivity index (χ0n) is 13.7. The Morgan fingerprint density at radius 1 is 1.44 bits per heavy atom. The highest BCUT2D eigenvalue weighted by Gasteiger charge is 2.29. The van der Waals surface area contributed by atoms with Crippen molar-refractivity contribution < 1.29 is 23.9 Å². The predicted octanol–water partition coefficient (Wildman–Crippen LogP) is 2.27. The highest BCUT2D eigenvalue weighted by atomic mass is 35.5. The van der Waals surface area contributed by atoms with Crippen LogP contribution < -0.4 is 10.1 Å². The van der Waals surface area contributed by atoms with E-state index in [9.17, 15) is 14.4 Å². The van der Waals surface area contributed by atoms with E-state index in [1.54, 1.807) is 25.1 Å². The van der Waals surface area contributed by atoms with Crippen molar-refractivity contribution in [2.75, 3.05) is 31.3 Å². The average molecular weight is 385 g/mol. The maximum Gasteiger partial charge on any atom is 0.333 e. The molecular weight excluding hydrogens is 368 g/mol. The number of amides is 2. The van der Waals surface area contributed by atoms with Crippen LogP contribution in [0.2, 0.25) is 5.02 Å². The molecule has 0 aliphatic carbocycles. The summed E-state index contributed by atoms with van der Waals surface area (Å²) in [5.41, 5.74) is 0.478. The maximum atomic E-state index is 12.2. The molecule has 0 unspecified atom stereocenters. The second-order valence-electron chi connectivity index (χ2n) is 4.90. The summed E-state index contributed by atoms with van der Waals surface area (Å²) in [5.74, 6) is -0.542. The normalized spacial score (nSPS) is 15.4. The molecule has 1 aliphatic rings. The third-order valence-corrected chi connectivity index (χ3v) is 4.50. The summed E-state index contributed by atoms with van der Waals surface area (Å²) >= 11 is 7.20. The van der Waals surface area contributed by atoms with E-state index in [-0.39, 0.29) is 24.8 Å². The Morgan fingerprint density at radius 2 is 2.20 bits per heavy atom. The van der Waals surface area contributed by atoms with Gasteiger partial charge in [0.2, 0.25) is 11.8 Å². The molecule has 25 heavy (non-hydrogen) atoms. The first-order valence-electron chi connectivity index (χ1n) is 7.39.